The zero-order valence-corrected chi connectivity index (χ0v) is 12.9. The summed E-state index contributed by atoms with van der Waals surface area (Å²) in [5.74, 6) is 0.533. The quantitative estimate of drug-likeness (QED) is 0.703. The Morgan fingerprint density at radius 1 is 1.25 bits per heavy atom. The summed E-state index contributed by atoms with van der Waals surface area (Å²) in [6.45, 7) is 8.72. The number of ether oxygens (including phenoxy) is 2. The Balaban J connectivity index is 2.29. The van der Waals surface area contributed by atoms with Gasteiger partial charge in [-0.05, 0) is 43.5 Å². The molecule has 3 nitrogen and oxygen atoms in total. The number of hydrogen-bond acceptors (Lipinski definition) is 3. The predicted molar refractivity (Wildman–Crippen MR) is 79.6 cm³/mol. The predicted octanol–water partition coefficient (Wildman–Crippen LogP) is 3.55. The van der Waals surface area contributed by atoms with E-state index < -0.39 is 0 Å². The highest BCUT2D eigenvalue weighted by Gasteiger charge is 2.08. The molecule has 1 rings (SSSR count). The van der Waals surface area contributed by atoms with Gasteiger partial charge in [0, 0.05) is 19.3 Å². The van der Waals surface area contributed by atoms with Crippen molar-refractivity contribution in [2.45, 2.75) is 33.2 Å². The lowest BCUT2D eigenvalue weighted by atomic mass is 10.1. The smallest absolute Gasteiger partial charge is 0.165 e. The molecule has 0 fully saturated rings. The SMILES string of the molecule is COc1ccc(C(C)NCCCOCC(C)C)cc1F. The second-order valence-electron chi connectivity index (χ2n) is 5.39. The number of nitrogens with one attached hydrogen (secondary N) is 1. The second kappa shape index (κ2) is 8.93. The Bertz CT molecular complexity index is 396. The van der Waals surface area contributed by atoms with E-state index in [1.165, 1.54) is 13.2 Å². The van der Waals surface area contributed by atoms with Gasteiger partial charge in [0.05, 0.1) is 7.11 Å². The van der Waals surface area contributed by atoms with Crippen molar-refractivity contribution in [2.75, 3.05) is 26.9 Å². The van der Waals surface area contributed by atoms with E-state index in [4.69, 9.17) is 9.47 Å². The van der Waals surface area contributed by atoms with E-state index >= 15 is 0 Å². The van der Waals surface area contributed by atoms with Crippen molar-refractivity contribution in [1.82, 2.24) is 5.32 Å². The maximum Gasteiger partial charge on any atom is 0.165 e. The lowest BCUT2D eigenvalue weighted by molar-refractivity contribution is 0.107. The molecular weight excluding hydrogens is 257 g/mol. The van der Waals surface area contributed by atoms with Gasteiger partial charge in [0.15, 0.2) is 11.6 Å². The van der Waals surface area contributed by atoms with E-state index in [0.717, 1.165) is 31.7 Å². The minimum absolute atomic E-state index is 0.112. The Labute approximate surface area is 121 Å². The number of hydrogen-bond donors (Lipinski definition) is 1. The van der Waals surface area contributed by atoms with Crippen molar-refractivity contribution in [3.8, 4) is 5.75 Å². The zero-order valence-electron chi connectivity index (χ0n) is 12.9. The van der Waals surface area contributed by atoms with Crippen LogP contribution in [0.2, 0.25) is 0 Å². The summed E-state index contributed by atoms with van der Waals surface area (Å²) in [5, 5.41) is 3.36. The fourth-order valence-corrected chi connectivity index (χ4v) is 1.88. The Hall–Kier alpha value is -1.13. The van der Waals surface area contributed by atoms with Crippen molar-refractivity contribution in [2.24, 2.45) is 5.92 Å². The fraction of sp³-hybridized carbons (Fsp3) is 0.625. The summed E-state index contributed by atoms with van der Waals surface area (Å²) in [4.78, 5) is 0. The van der Waals surface area contributed by atoms with Crippen LogP contribution >= 0.6 is 0 Å². The van der Waals surface area contributed by atoms with Crippen LogP contribution in [-0.2, 0) is 4.74 Å². The minimum atomic E-state index is -0.320. The fourth-order valence-electron chi connectivity index (χ4n) is 1.88. The van der Waals surface area contributed by atoms with Crippen LogP contribution in [0.15, 0.2) is 18.2 Å². The van der Waals surface area contributed by atoms with Gasteiger partial charge in [0.1, 0.15) is 0 Å². The third-order valence-corrected chi connectivity index (χ3v) is 3.04. The maximum atomic E-state index is 13.6. The number of benzene rings is 1. The first-order valence-corrected chi connectivity index (χ1v) is 7.19. The van der Waals surface area contributed by atoms with Crippen LogP contribution in [0.3, 0.4) is 0 Å². The number of rotatable bonds is 9. The van der Waals surface area contributed by atoms with Gasteiger partial charge in [0.2, 0.25) is 0 Å². The average molecular weight is 283 g/mol. The van der Waals surface area contributed by atoms with Crippen molar-refractivity contribution < 1.29 is 13.9 Å². The molecule has 0 spiro atoms. The monoisotopic (exact) mass is 283 g/mol. The molecule has 1 aromatic rings. The lowest BCUT2D eigenvalue weighted by Crippen LogP contribution is -2.21. The van der Waals surface area contributed by atoms with Crippen LogP contribution in [0.4, 0.5) is 4.39 Å². The first-order chi connectivity index (χ1) is 9.54. The molecule has 0 aliphatic heterocycles. The largest absolute Gasteiger partial charge is 0.494 e. The van der Waals surface area contributed by atoms with Gasteiger partial charge >= 0.3 is 0 Å². The molecule has 1 aromatic carbocycles. The molecule has 0 bridgehead atoms. The molecule has 0 saturated heterocycles. The molecule has 0 aromatic heterocycles. The van der Waals surface area contributed by atoms with Crippen LogP contribution in [0.5, 0.6) is 5.75 Å². The van der Waals surface area contributed by atoms with Gasteiger partial charge < -0.3 is 14.8 Å². The first kappa shape index (κ1) is 16.9. The van der Waals surface area contributed by atoms with Crippen LogP contribution in [0.25, 0.3) is 0 Å². The zero-order chi connectivity index (χ0) is 15.0. The molecule has 0 saturated carbocycles. The lowest BCUT2D eigenvalue weighted by Gasteiger charge is -2.15. The highest BCUT2D eigenvalue weighted by Crippen LogP contribution is 2.21. The van der Waals surface area contributed by atoms with Gasteiger partial charge in [0.25, 0.3) is 0 Å². The molecule has 114 valence electrons. The van der Waals surface area contributed by atoms with Crippen molar-refractivity contribution in [3.63, 3.8) is 0 Å². The van der Waals surface area contributed by atoms with E-state index in [0.29, 0.717) is 5.92 Å². The molecule has 1 atom stereocenters. The van der Waals surface area contributed by atoms with Crippen molar-refractivity contribution in [1.29, 1.82) is 0 Å². The van der Waals surface area contributed by atoms with E-state index in [9.17, 15) is 4.39 Å². The van der Waals surface area contributed by atoms with Crippen LogP contribution in [0, 0.1) is 11.7 Å². The molecule has 0 aliphatic rings. The van der Waals surface area contributed by atoms with Gasteiger partial charge in [-0.1, -0.05) is 19.9 Å². The summed E-state index contributed by atoms with van der Waals surface area (Å²) in [5.41, 5.74) is 0.923. The Kier molecular flexibility index (Phi) is 7.55. The standard InChI is InChI=1S/C16H26FNO2/c1-12(2)11-20-9-5-8-18-13(3)14-6-7-16(19-4)15(17)10-14/h6-7,10,12-13,18H,5,8-9,11H2,1-4H3. The molecule has 0 aliphatic carbocycles. The van der Waals surface area contributed by atoms with Crippen LogP contribution < -0.4 is 10.1 Å². The van der Waals surface area contributed by atoms with E-state index in [1.807, 2.05) is 13.0 Å². The highest BCUT2D eigenvalue weighted by atomic mass is 19.1. The van der Waals surface area contributed by atoms with Gasteiger partial charge in [-0.25, -0.2) is 4.39 Å². The molecule has 1 N–H and O–H groups in total. The average Bonchev–Trinajstić information content (AvgIpc) is 2.42. The highest BCUT2D eigenvalue weighted by molar-refractivity contribution is 5.30. The number of halogens is 1. The maximum absolute atomic E-state index is 13.6. The molecular formula is C16H26FNO2. The molecule has 20 heavy (non-hydrogen) atoms. The van der Waals surface area contributed by atoms with Crippen molar-refractivity contribution >= 4 is 0 Å². The van der Waals surface area contributed by atoms with E-state index in [2.05, 4.69) is 19.2 Å². The van der Waals surface area contributed by atoms with Crippen LogP contribution in [-0.4, -0.2) is 26.9 Å². The summed E-state index contributed by atoms with van der Waals surface area (Å²) < 4.78 is 24.0. The third-order valence-electron chi connectivity index (χ3n) is 3.04. The van der Waals surface area contributed by atoms with Crippen LogP contribution in [0.1, 0.15) is 38.8 Å². The molecule has 0 radical (unpaired) electrons. The molecule has 0 amide bonds. The minimum Gasteiger partial charge on any atom is -0.494 e. The molecule has 4 heteroatoms. The van der Waals surface area contributed by atoms with Gasteiger partial charge in [-0.2, -0.15) is 0 Å². The molecule has 0 heterocycles. The Morgan fingerprint density at radius 3 is 2.60 bits per heavy atom. The second-order valence-corrected chi connectivity index (χ2v) is 5.39. The van der Waals surface area contributed by atoms with E-state index in [1.54, 1.807) is 6.07 Å². The first-order valence-electron chi connectivity index (χ1n) is 7.19. The molecule has 1 unspecified atom stereocenters. The van der Waals surface area contributed by atoms with Crippen molar-refractivity contribution in [3.05, 3.63) is 29.6 Å². The third kappa shape index (κ3) is 5.88. The summed E-state index contributed by atoms with van der Waals surface area (Å²) in [6.07, 6.45) is 0.954. The van der Waals surface area contributed by atoms with Gasteiger partial charge in [-0.3, -0.25) is 0 Å². The topological polar surface area (TPSA) is 30.5 Å². The summed E-state index contributed by atoms with van der Waals surface area (Å²) >= 11 is 0. The summed E-state index contributed by atoms with van der Waals surface area (Å²) in [7, 11) is 1.47. The number of methoxy groups -OCH3 is 1. The van der Waals surface area contributed by atoms with E-state index in [-0.39, 0.29) is 17.6 Å². The summed E-state index contributed by atoms with van der Waals surface area (Å²) in [6, 6.07) is 5.18. The normalized spacial score (nSPS) is 12.7. The van der Waals surface area contributed by atoms with Gasteiger partial charge in [-0.15, -0.1) is 0 Å². The Morgan fingerprint density at radius 2 is 2.00 bits per heavy atom.